The minimum absolute atomic E-state index is 0.111. The largest absolute Gasteiger partial charge is 0.496 e. The van der Waals surface area contributed by atoms with Crippen molar-refractivity contribution in [2.45, 2.75) is 12.8 Å². The monoisotopic (exact) mass is 273 g/mol. The molecule has 0 atom stereocenters. The molecule has 0 spiro atoms. The van der Waals surface area contributed by atoms with Crippen molar-refractivity contribution in [1.82, 2.24) is 0 Å². The van der Waals surface area contributed by atoms with Crippen molar-refractivity contribution in [3.8, 4) is 5.75 Å². The van der Waals surface area contributed by atoms with E-state index >= 15 is 0 Å². The van der Waals surface area contributed by atoms with E-state index < -0.39 is 4.92 Å². The lowest BCUT2D eigenvalue weighted by atomic mass is 10.1. The third kappa shape index (κ3) is 3.20. The number of hydrogen-bond acceptors (Lipinski definition) is 3. The SMILES string of the molecule is COc1ccc([N+](=O)[O-])cc1CCCBr. The Labute approximate surface area is 96.5 Å². The zero-order chi connectivity index (χ0) is 11.3. The average molecular weight is 274 g/mol. The van der Waals surface area contributed by atoms with Gasteiger partial charge >= 0.3 is 0 Å². The van der Waals surface area contributed by atoms with Gasteiger partial charge in [0, 0.05) is 23.0 Å². The van der Waals surface area contributed by atoms with Gasteiger partial charge in [-0.15, -0.1) is 0 Å². The molecule has 4 nitrogen and oxygen atoms in total. The van der Waals surface area contributed by atoms with Crippen LogP contribution in [-0.4, -0.2) is 17.4 Å². The summed E-state index contributed by atoms with van der Waals surface area (Å²) in [6.45, 7) is 0. The molecule has 0 fully saturated rings. The van der Waals surface area contributed by atoms with Crippen LogP contribution in [0.15, 0.2) is 18.2 Å². The lowest BCUT2D eigenvalue weighted by Crippen LogP contribution is -1.95. The molecule has 0 aromatic heterocycles. The molecule has 0 aliphatic carbocycles. The van der Waals surface area contributed by atoms with Crippen LogP contribution in [0.1, 0.15) is 12.0 Å². The highest BCUT2D eigenvalue weighted by molar-refractivity contribution is 9.09. The number of nitrogens with zero attached hydrogens (tertiary/aromatic N) is 1. The van der Waals surface area contributed by atoms with Crippen LogP contribution in [0.2, 0.25) is 0 Å². The lowest BCUT2D eigenvalue weighted by molar-refractivity contribution is -0.384. The van der Waals surface area contributed by atoms with Crippen molar-refractivity contribution < 1.29 is 9.66 Å². The molecule has 1 rings (SSSR count). The summed E-state index contributed by atoms with van der Waals surface area (Å²) >= 11 is 3.33. The first-order chi connectivity index (χ1) is 7.19. The first kappa shape index (κ1) is 12.0. The first-order valence-electron chi connectivity index (χ1n) is 4.56. The van der Waals surface area contributed by atoms with Crippen molar-refractivity contribution >= 4 is 21.6 Å². The molecule has 0 saturated heterocycles. The van der Waals surface area contributed by atoms with Crippen molar-refractivity contribution in [1.29, 1.82) is 0 Å². The first-order valence-corrected chi connectivity index (χ1v) is 5.68. The maximum absolute atomic E-state index is 10.6. The van der Waals surface area contributed by atoms with Crippen LogP contribution in [-0.2, 0) is 6.42 Å². The normalized spacial score (nSPS) is 10.0. The average Bonchev–Trinajstić information content (AvgIpc) is 2.25. The second-order valence-corrected chi connectivity index (χ2v) is 3.84. The van der Waals surface area contributed by atoms with Gasteiger partial charge in [0.1, 0.15) is 5.75 Å². The molecule has 0 N–H and O–H groups in total. The van der Waals surface area contributed by atoms with E-state index in [1.54, 1.807) is 19.2 Å². The van der Waals surface area contributed by atoms with E-state index in [9.17, 15) is 10.1 Å². The summed E-state index contributed by atoms with van der Waals surface area (Å²) in [6.07, 6.45) is 1.70. The molecule has 15 heavy (non-hydrogen) atoms. The van der Waals surface area contributed by atoms with Crippen LogP contribution in [0.25, 0.3) is 0 Å². The molecule has 0 radical (unpaired) electrons. The van der Waals surface area contributed by atoms with Crippen LogP contribution in [0, 0.1) is 10.1 Å². The summed E-state index contributed by atoms with van der Waals surface area (Å²) in [5.41, 5.74) is 0.992. The Bertz CT molecular complexity index is 355. The fraction of sp³-hybridized carbons (Fsp3) is 0.400. The zero-order valence-corrected chi connectivity index (χ0v) is 9.99. The number of hydrogen-bond donors (Lipinski definition) is 0. The maximum Gasteiger partial charge on any atom is 0.269 e. The Balaban J connectivity index is 2.96. The van der Waals surface area contributed by atoms with Gasteiger partial charge in [-0.05, 0) is 18.9 Å². The molecule has 0 saturated carbocycles. The van der Waals surface area contributed by atoms with E-state index in [1.165, 1.54) is 6.07 Å². The van der Waals surface area contributed by atoms with E-state index in [2.05, 4.69) is 15.9 Å². The molecule has 0 aliphatic heterocycles. The third-order valence-corrected chi connectivity index (χ3v) is 2.62. The number of non-ortho nitro benzene ring substituents is 1. The Morgan fingerprint density at radius 2 is 2.27 bits per heavy atom. The van der Waals surface area contributed by atoms with Crippen molar-refractivity contribution in [2.24, 2.45) is 0 Å². The van der Waals surface area contributed by atoms with Gasteiger partial charge in [0.25, 0.3) is 5.69 Å². The number of nitro groups is 1. The van der Waals surface area contributed by atoms with Gasteiger partial charge in [-0.3, -0.25) is 10.1 Å². The molecule has 0 bridgehead atoms. The Kier molecular flexibility index (Phi) is 4.55. The molecule has 1 aromatic rings. The Morgan fingerprint density at radius 1 is 1.53 bits per heavy atom. The standard InChI is InChI=1S/C10H12BrNO3/c1-15-10-5-4-9(12(13)14)7-8(10)3-2-6-11/h4-5,7H,2-3,6H2,1H3. The molecule has 82 valence electrons. The predicted octanol–water partition coefficient (Wildman–Crippen LogP) is 2.93. The van der Waals surface area contributed by atoms with Gasteiger partial charge in [-0.25, -0.2) is 0 Å². The fourth-order valence-electron chi connectivity index (χ4n) is 1.33. The number of nitro benzene ring substituents is 1. The Morgan fingerprint density at radius 3 is 2.80 bits per heavy atom. The molecule has 1 aromatic carbocycles. The van der Waals surface area contributed by atoms with Crippen LogP contribution < -0.4 is 4.74 Å². The fourth-order valence-corrected chi connectivity index (χ4v) is 1.61. The summed E-state index contributed by atoms with van der Waals surface area (Å²) in [6, 6.07) is 4.67. The van der Waals surface area contributed by atoms with E-state index in [0.29, 0.717) is 5.75 Å². The topological polar surface area (TPSA) is 52.4 Å². The summed E-state index contributed by atoms with van der Waals surface area (Å²) in [5.74, 6) is 0.710. The quantitative estimate of drug-likeness (QED) is 0.471. The number of rotatable bonds is 5. The molecular formula is C10H12BrNO3. The highest BCUT2D eigenvalue weighted by Crippen LogP contribution is 2.25. The van der Waals surface area contributed by atoms with Gasteiger partial charge in [-0.2, -0.15) is 0 Å². The second kappa shape index (κ2) is 5.70. The van der Waals surface area contributed by atoms with E-state index in [4.69, 9.17) is 4.74 Å². The van der Waals surface area contributed by atoms with E-state index in [1.807, 2.05) is 0 Å². The van der Waals surface area contributed by atoms with Crippen LogP contribution in [0.4, 0.5) is 5.69 Å². The van der Waals surface area contributed by atoms with Crippen LogP contribution >= 0.6 is 15.9 Å². The van der Waals surface area contributed by atoms with Crippen molar-refractivity contribution in [3.63, 3.8) is 0 Å². The summed E-state index contributed by atoms with van der Waals surface area (Å²) in [5, 5.41) is 11.5. The van der Waals surface area contributed by atoms with E-state index in [0.717, 1.165) is 23.7 Å². The minimum Gasteiger partial charge on any atom is -0.496 e. The van der Waals surface area contributed by atoms with Gasteiger partial charge in [0.05, 0.1) is 12.0 Å². The van der Waals surface area contributed by atoms with Crippen LogP contribution in [0.3, 0.4) is 0 Å². The van der Waals surface area contributed by atoms with Crippen molar-refractivity contribution in [2.75, 3.05) is 12.4 Å². The molecule has 0 aliphatic rings. The number of benzene rings is 1. The van der Waals surface area contributed by atoms with Gasteiger partial charge in [-0.1, -0.05) is 15.9 Å². The van der Waals surface area contributed by atoms with Gasteiger partial charge in [0.15, 0.2) is 0 Å². The highest BCUT2D eigenvalue weighted by atomic mass is 79.9. The summed E-state index contributed by atoms with van der Waals surface area (Å²) in [4.78, 5) is 10.2. The van der Waals surface area contributed by atoms with Gasteiger partial charge < -0.3 is 4.74 Å². The number of aryl methyl sites for hydroxylation is 1. The molecule has 0 amide bonds. The number of methoxy groups -OCH3 is 1. The van der Waals surface area contributed by atoms with Gasteiger partial charge in [0.2, 0.25) is 0 Å². The van der Waals surface area contributed by atoms with Crippen molar-refractivity contribution in [3.05, 3.63) is 33.9 Å². The smallest absolute Gasteiger partial charge is 0.269 e. The maximum atomic E-state index is 10.6. The van der Waals surface area contributed by atoms with E-state index in [-0.39, 0.29) is 5.69 Å². The molecule has 0 unspecified atom stereocenters. The van der Waals surface area contributed by atoms with Crippen LogP contribution in [0.5, 0.6) is 5.75 Å². The predicted molar refractivity (Wildman–Crippen MR) is 61.8 cm³/mol. The molecule has 5 heteroatoms. The third-order valence-electron chi connectivity index (χ3n) is 2.05. The highest BCUT2D eigenvalue weighted by Gasteiger charge is 2.10. The zero-order valence-electron chi connectivity index (χ0n) is 8.40. The number of halogens is 1. The number of alkyl halides is 1. The molecular weight excluding hydrogens is 262 g/mol. The Hall–Kier alpha value is -1.10. The summed E-state index contributed by atoms with van der Waals surface area (Å²) in [7, 11) is 1.57. The molecule has 0 heterocycles. The number of ether oxygens (including phenoxy) is 1. The second-order valence-electron chi connectivity index (χ2n) is 3.05. The minimum atomic E-state index is -0.392. The summed E-state index contributed by atoms with van der Waals surface area (Å²) < 4.78 is 5.14. The lowest BCUT2D eigenvalue weighted by Gasteiger charge is -2.06.